The lowest BCUT2D eigenvalue weighted by Crippen LogP contribution is -2.58. The van der Waals surface area contributed by atoms with E-state index in [1.165, 1.54) is 31.4 Å². The summed E-state index contributed by atoms with van der Waals surface area (Å²) in [6.45, 7) is 3.93. The molecule has 2 amide bonds. The number of nitrogens with zero attached hydrogens (tertiary/aromatic N) is 1. The van der Waals surface area contributed by atoms with Gasteiger partial charge in [-0.25, -0.2) is 5.06 Å². The normalized spacial score (nSPS) is 36.1. The number of amides is 2. The molecule has 0 aromatic rings. The van der Waals surface area contributed by atoms with Gasteiger partial charge in [0.25, 0.3) is 5.91 Å². The van der Waals surface area contributed by atoms with Crippen molar-refractivity contribution in [2.45, 2.75) is 58.4 Å². The summed E-state index contributed by atoms with van der Waals surface area (Å²) in [5, 5.41) is 4.29. The van der Waals surface area contributed by atoms with Crippen molar-refractivity contribution in [2.75, 3.05) is 14.2 Å². The molecule has 0 saturated heterocycles. The van der Waals surface area contributed by atoms with E-state index in [9.17, 15) is 9.59 Å². The molecule has 1 atom stereocenters. The number of hydrogen-bond acceptors (Lipinski definition) is 3. The van der Waals surface area contributed by atoms with Crippen molar-refractivity contribution in [3.63, 3.8) is 0 Å². The van der Waals surface area contributed by atoms with Crippen LogP contribution in [-0.2, 0) is 14.4 Å². The zero-order chi connectivity index (χ0) is 16.8. The molecular formula is C18H30N2O3. The molecule has 4 aliphatic carbocycles. The standard InChI is InChI=1S/C18H30N2O3/c1-11(2)15(16(21)20(3)23-4)19-17(22)18-8-12-5-13(9-18)7-14(6-12)10-18/h11-15H,5-10H2,1-4H3,(H,19,22). The van der Waals surface area contributed by atoms with Gasteiger partial charge >= 0.3 is 0 Å². The molecule has 23 heavy (non-hydrogen) atoms. The van der Waals surface area contributed by atoms with Gasteiger partial charge in [-0.05, 0) is 62.2 Å². The minimum absolute atomic E-state index is 0.0398. The highest BCUT2D eigenvalue weighted by Crippen LogP contribution is 2.60. The summed E-state index contributed by atoms with van der Waals surface area (Å²) < 4.78 is 0. The average Bonchev–Trinajstić information content (AvgIpc) is 2.49. The molecule has 4 saturated carbocycles. The van der Waals surface area contributed by atoms with Crippen LogP contribution in [0.1, 0.15) is 52.4 Å². The van der Waals surface area contributed by atoms with Crippen molar-refractivity contribution in [2.24, 2.45) is 29.1 Å². The smallest absolute Gasteiger partial charge is 0.268 e. The predicted molar refractivity (Wildman–Crippen MR) is 87.2 cm³/mol. The summed E-state index contributed by atoms with van der Waals surface area (Å²) in [6, 6.07) is -0.513. The minimum Gasteiger partial charge on any atom is -0.343 e. The van der Waals surface area contributed by atoms with Crippen LogP contribution in [0, 0.1) is 29.1 Å². The number of hydrogen-bond donors (Lipinski definition) is 1. The quantitative estimate of drug-likeness (QED) is 0.791. The first-order valence-corrected chi connectivity index (χ1v) is 8.97. The minimum atomic E-state index is -0.513. The number of likely N-dealkylation sites (N-methyl/N-ethyl adjacent to an activating group) is 1. The Morgan fingerprint density at radius 1 is 1.09 bits per heavy atom. The Labute approximate surface area is 139 Å². The third kappa shape index (κ3) is 3.00. The van der Waals surface area contributed by atoms with Gasteiger partial charge < -0.3 is 5.32 Å². The Kier molecular flexibility index (Phi) is 4.43. The molecule has 5 heteroatoms. The van der Waals surface area contributed by atoms with Crippen LogP contribution in [-0.4, -0.2) is 37.1 Å². The summed E-state index contributed by atoms with van der Waals surface area (Å²) in [4.78, 5) is 30.6. The molecular weight excluding hydrogens is 292 g/mol. The second-order valence-corrected chi connectivity index (χ2v) is 8.41. The van der Waals surface area contributed by atoms with Gasteiger partial charge in [0, 0.05) is 12.5 Å². The van der Waals surface area contributed by atoms with Gasteiger partial charge in [-0.15, -0.1) is 0 Å². The van der Waals surface area contributed by atoms with Crippen LogP contribution in [0.5, 0.6) is 0 Å². The van der Waals surface area contributed by atoms with Crippen LogP contribution < -0.4 is 5.32 Å². The third-order valence-electron chi connectivity index (χ3n) is 6.32. The van der Waals surface area contributed by atoms with E-state index in [-0.39, 0.29) is 23.1 Å². The van der Waals surface area contributed by atoms with Crippen molar-refractivity contribution in [3.8, 4) is 0 Å². The summed E-state index contributed by atoms with van der Waals surface area (Å²) >= 11 is 0. The molecule has 0 aromatic carbocycles. The SMILES string of the molecule is CON(C)C(=O)C(NC(=O)C12CC3CC(CC(C3)C1)C2)C(C)C. The molecule has 1 N–H and O–H groups in total. The maximum atomic E-state index is 13.1. The second kappa shape index (κ2) is 6.08. The molecule has 0 radical (unpaired) electrons. The number of hydroxylamine groups is 2. The molecule has 4 fully saturated rings. The molecule has 0 heterocycles. The van der Waals surface area contributed by atoms with Crippen LogP contribution >= 0.6 is 0 Å². The highest BCUT2D eigenvalue weighted by Gasteiger charge is 2.55. The third-order valence-corrected chi connectivity index (χ3v) is 6.32. The van der Waals surface area contributed by atoms with E-state index < -0.39 is 6.04 Å². The van der Waals surface area contributed by atoms with Crippen molar-refractivity contribution < 1.29 is 14.4 Å². The lowest BCUT2D eigenvalue weighted by Gasteiger charge is -2.55. The van der Waals surface area contributed by atoms with E-state index in [2.05, 4.69) is 5.32 Å². The van der Waals surface area contributed by atoms with E-state index in [0.29, 0.717) is 0 Å². The lowest BCUT2D eigenvalue weighted by atomic mass is 9.49. The fourth-order valence-electron chi connectivity index (χ4n) is 5.48. The first kappa shape index (κ1) is 16.7. The highest BCUT2D eigenvalue weighted by atomic mass is 16.7. The molecule has 0 spiro atoms. The van der Waals surface area contributed by atoms with E-state index in [1.807, 2.05) is 13.8 Å². The van der Waals surface area contributed by atoms with E-state index in [1.54, 1.807) is 7.05 Å². The van der Waals surface area contributed by atoms with Crippen LogP contribution in [0.3, 0.4) is 0 Å². The van der Waals surface area contributed by atoms with Gasteiger partial charge in [-0.1, -0.05) is 13.8 Å². The predicted octanol–water partition coefficient (Wildman–Crippen LogP) is 2.36. The van der Waals surface area contributed by atoms with Crippen LogP contribution in [0.2, 0.25) is 0 Å². The zero-order valence-corrected chi connectivity index (χ0v) is 14.8. The lowest BCUT2D eigenvalue weighted by molar-refractivity contribution is -0.174. The fourth-order valence-corrected chi connectivity index (χ4v) is 5.48. The first-order valence-electron chi connectivity index (χ1n) is 8.97. The van der Waals surface area contributed by atoms with Crippen molar-refractivity contribution in [3.05, 3.63) is 0 Å². The van der Waals surface area contributed by atoms with Crippen molar-refractivity contribution in [1.29, 1.82) is 0 Å². The van der Waals surface area contributed by atoms with Crippen LogP contribution in [0.25, 0.3) is 0 Å². The van der Waals surface area contributed by atoms with Gasteiger partial charge in [0.2, 0.25) is 5.91 Å². The molecule has 4 rings (SSSR count). The first-order chi connectivity index (χ1) is 10.8. The van der Waals surface area contributed by atoms with Crippen molar-refractivity contribution in [1.82, 2.24) is 10.4 Å². The monoisotopic (exact) mass is 322 g/mol. The maximum Gasteiger partial charge on any atom is 0.268 e. The van der Waals surface area contributed by atoms with Gasteiger partial charge in [0.05, 0.1) is 7.11 Å². The highest BCUT2D eigenvalue weighted by molar-refractivity contribution is 5.90. The van der Waals surface area contributed by atoms with E-state index in [0.717, 1.165) is 37.0 Å². The van der Waals surface area contributed by atoms with Crippen LogP contribution in [0.15, 0.2) is 0 Å². The molecule has 4 bridgehead atoms. The Morgan fingerprint density at radius 2 is 1.57 bits per heavy atom. The summed E-state index contributed by atoms with van der Waals surface area (Å²) in [5.74, 6) is 2.14. The van der Waals surface area contributed by atoms with Gasteiger partial charge in [-0.3, -0.25) is 14.4 Å². The Bertz CT molecular complexity index is 453. The second-order valence-electron chi connectivity index (χ2n) is 8.41. The zero-order valence-electron chi connectivity index (χ0n) is 14.8. The number of carbonyl (C=O) groups is 2. The summed E-state index contributed by atoms with van der Waals surface area (Å²) in [6.07, 6.45) is 6.99. The van der Waals surface area contributed by atoms with E-state index >= 15 is 0 Å². The number of rotatable bonds is 5. The number of nitrogens with one attached hydrogen (secondary N) is 1. The molecule has 5 nitrogen and oxygen atoms in total. The Balaban J connectivity index is 1.73. The van der Waals surface area contributed by atoms with Gasteiger partial charge in [0.1, 0.15) is 6.04 Å². The average molecular weight is 322 g/mol. The van der Waals surface area contributed by atoms with Crippen molar-refractivity contribution >= 4 is 11.8 Å². The summed E-state index contributed by atoms with van der Waals surface area (Å²) in [7, 11) is 3.06. The Hall–Kier alpha value is -1.10. The van der Waals surface area contributed by atoms with Gasteiger partial charge in [0.15, 0.2) is 0 Å². The van der Waals surface area contributed by atoms with Gasteiger partial charge in [-0.2, -0.15) is 0 Å². The number of carbonyl (C=O) groups excluding carboxylic acids is 2. The molecule has 130 valence electrons. The molecule has 1 unspecified atom stereocenters. The summed E-state index contributed by atoms with van der Waals surface area (Å²) in [5.41, 5.74) is -0.214. The molecule has 0 aromatic heterocycles. The van der Waals surface area contributed by atoms with E-state index in [4.69, 9.17) is 4.84 Å². The topological polar surface area (TPSA) is 58.6 Å². The van der Waals surface area contributed by atoms with Crippen LogP contribution in [0.4, 0.5) is 0 Å². The molecule has 4 aliphatic rings. The molecule has 0 aliphatic heterocycles. The fraction of sp³-hybridized carbons (Fsp3) is 0.889. The maximum absolute atomic E-state index is 13.1. The largest absolute Gasteiger partial charge is 0.343 e. The Morgan fingerprint density at radius 3 is 1.96 bits per heavy atom.